The number of fused-ring (bicyclic) bond motifs is 1. The Morgan fingerprint density at radius 2 is 1.43 bits per heavy atom. The molecule has 1 atom stereocenters. The molecule has 1 saturated heterocycles. The fraction of sp³-hybridized carbons (Fsp3) is 0.485. The van der Waals surface area contributed by atoms with Gasteiger partial charge in [0, 0.05) is 25.1 Å². The molecule has 2 aromatic rings. The molecule has 1 fully saturated rings. The summed E-state index contributed by atoms with van der Waals surface area (Å²) in [5, 5.41) is 4.90. The van der Waals surface area contributed by atoms with Gasteiger partial charge in [0.25, 0.3) is 11.8 Å². The maximum absolute atomic E-state index is 13.2. The van der Waals surface area contributed by atoms with Gasteiger partial charge in [-0.2, -0.15) is 0 Å². The van der Waals surface area contributed by atoms with Gasteiger partial charge in [0.15, 0.2) is 0 Å². The monoisotopic (exact) mass is 654 g/mol. The number of piperidine rings is 1. The van der Waals surface area contributed by atoms with E-state index in [9.17, 15) is 24.0 Å². The lowest BCUT2D eigenvalue weighted by molar-refractivity contribution is -0.136. The van der Waals surface area contributed by atoms with Crippen molar-refractivity contribution in [3.8, 4) is 5.75 Å². The summed E-state index contributed by atoms with van der Waals surface area (Å²) < 4.78 is 27.6. The lowest BCUT2D eigenvalue weighted by atomic mass is 10.0. The maximum atomic E-state index is 13.2. The standard InChI is InChI=1S/C33H42N4O10/c34-23-8-10-24(11-9-23)47-22-21-46-20-19-45-18-17-44-16-15-43-14-3-1-2-7-28(38)35-26-6-4-5-25-30(26)33(42)37(32(25)41)27-12-13-29(39)36-31(27)40/h4-6,8-11,27H,1-3,7,12-22,34H2,(H,35,38)(H,36,39,40). The molecular weight excluding hydrogens is 612 g/mol. The third-order valence-corrected chi connectivity index (χ3v) is 7.43. The summed E-state index contributed by atoms with van der Waals surface area (Å²) in [6, 6.07) is 10.7. The van der Waals surface area contributed by atoms with E-state index in [1.165, 1.54) is 6.07 Å². The molecule has 14 nitrogen and oxygen atoms in total. The third kappa shape index (κ3) is 10.8. The quantitative estimate of drug-likeness (QED) is 0.102. The first-order valence-corrected chi connectivity index (χ1v) is 15.8. The fourth-order valence-electron chi connectivity index (χ4n) is 5.04. The Kier molecular flexibility index (Phi) is 14.1. The summed E-state index contributed by atoms with van der Waals surface area (Å²) in [6.07, 6.45) is 2.48. The van der Waals surface area contributed by atoms with Gasteiger partial charge >= 0.3 is 0 Å². The van der Waals surface area contributed by atoms with Gasteiger partial charge in [0.05, 0.1) is 63.1 Å². The zero-order valence-electron chi connectivity index (χ0n) is 26.3. The van der Waals surface area contributed by atoms with E-state index in [0.717, 1.165) is 23.5 Å². The number of carbonyl (C=O) groups excluding carboxylic acids is 5. The van der Waals surface area contributed by atoms with Crippen LogP contribution < -0.4 is 21.1 Å². The Balaban J connectivity index is 0.975. The van der Waals surface area contributed by atoms with Crippen molar-refractivity contribution in [1.82, 2.24) is 10.2 Å². The number of nitrogen functional groups attached to an aromatic ring is 1. The molecule has 5 amide bonds. The average Bonchev–Trinajstić information content (AvgIpc) is 3.31. The van der Waals surface area contributed by atoms with Crippen molar-refractivity contribution >= 4 is 40.9 Å². The predicted molar refractivity (Wildman–Crippen MR) is 170 cm³/mol. The molecule has 0 aliphatic carbocycles. The molecule has 4 N–H and O–H groups in total. The summed E-state index contributed by atoms with van der Waals surface area (Å²) in [5.74, 6) is -1.95. The van der Waals surface area contributed by atoms with E-state index in [-0.39, 0.29) is 42.0 Å². The van der Waals surface area contributed by atoms with E-state index < -0.39 is 29.7 Å². The Labute approximate surface area is 273 Å². The Morgan fingerprint density at radius 3 is 2.09 bits per heavy atom. The van der Waals surface area contributed by atoms with Gasteiger partial charge in [-0.25, -0.2) is 0 Å². The van der Waals surface area contributed by atoms with Gasteiger partial charge in [-0.1, -0.05) is 12.5 Å². The van der Waals surface area contributed by atoms with Crippen LogP contribution in [0.25, 0.3) is 0 Å². The topological polar surface area (TPSA) is 185 Å². The lowest BCUT2D eigenvalue weighted by Gasteiger charge is -2.27. The zero-order chi connectivity index (χ0) is 33.4. The van der Waals surface area contributed by atoms with Crippen molar-refractivity contribution in [2.24, 2.45) is 0 Å². The van der Waals surface area contributed by atoms with Crippen LogP contribution in [0, 0.1) is 0 Å². The number of unbranched alkanes of at least 4 members (excludes halogenated alkanes) is 2. The van der Waals surface area contributed by atoms with Crippen molar-refractivity contribution in [2.75, 3.05) is 70.5 Å². The first kappa shape index (κ1) is 35.5. The predicted octanol–water partition coefficient (Wildman–Crippen LogP) is 2.31. The first-order valence-electron chi connectivity index (χ1n) is 15.8. The molecule has 0 spiro atoms. The minimum absolute atomic E-state index is 0.0320. The highest BCUT2D eigenvalue weighted by atomic mass is 16.6. The van der Waals surface area contributed by atoms with Crippen molar-refractivity contribution in [3.05, 3.63) is 53.6 Å². The Hall–Kier alpha value is -4.37. The minimum atomic E-state index is -1.07. The third-order valence-electron chi connectivity index (χ3n) is 7.43. The molecule has 0 radical (unpaired) electrons. The number of imide groups is 2. The van der Waals surface area contributed by atoms with Gasteiger partial charge in [-0.05, 0) is 55.7 Å². The van der Waals surface area contributed by atoms with Crippen molar-refractivity contribution < 1.29 is 47.7 Å². The van der Waals surface area contributed by atoms with Crippen LogP contribution in [0.15, 0.2) is 42.5 Å². The number of ether oxygens (including phenoxy) is 5. The minimum Gasteiger partial charge on any atom is -0.491 e. The van der Waals surface area contributed by atoms with Crippen LogP contribution in [0.1, 0.15) is 59.2 Å². The highest BCUT2D eigenvalue weighted by molar-refractivity contribution is 6.26. The molecule has 2 aromatic carbocycles. The molecule has 2 aliphatic heterocycles. The van der Waals surface area contributed by atoms with Gasteiger partial charge < -0.3 is 34.7 Å². The summed E-state index contributed by atoms with van der Waals surface area (Å²) in [4.78, 5) is 63.4. The number of anilines is 2. The number of nitrogens with zero attached hydrogens (tertiary/aromatic N) is 1. The molecule has 4 rings (SSSR count). The second kappa shape index (κ2) is 18.7. The Bertz CT molecular complexity index is 1380. The highest BCUT2D eigenvalue weighted by Crippen LogP contribution is 2.32. The normalized spacial score (nSPS) is 15.9. The van der Waals surface area contributed by atoms with E-state index in [4.69, 9.17) is 29.4 Å². The number of amides is 5. The van der Waals surface area contributed by atoms with E-state index in [1.54, 1.807) is 24.3 Å². The molecule has 0 bridgehead atoms. The first-order chi connectivity index (χ1) is 22.8. The smallest absolute Gasteiger partial charge is 0.264 e. The summed E-state index contributed by atoms with van der Waals surface area (Å²) in [7, 11) is 0. The number of hydrogen-bond acceptors (Lipinski definition) is 11. The van der Waals surface area contributed by atoms with E-state index >= 15 is 0 Å². The van der Waals surface area contributed by atoms with Gasteiger partial charge in [-0.15, -0.1) is 0 Å². The highest BCUT2D eigenvalue weighted by Gasteiger charge is 2.45. The van der Waals surface area contributed by atoms with Crippen LogP contribution in [0.2, 0.25) is 0 Å². The van der Waals surface area contributed by atoms with E-state index in [0.29, 0.717) is 71.6 Å². The molecule has 1 unspecified atom stereocenters. The van der Waals surface area contributed by atoms with Crippen LogP contribution in [0.4, 0.5) is 11.4 Å². The van der Waals surface area contributed by atoms with Crippen molar-refractivity contribution in [1.29, 1.82) is 0 Å². The van der Waals surface area contributed by atoms with E-state index in [2.05, 4.69) is 10.6 Å². The molecule has 254 valence electrons. The second-order valence-electron chi connectivity index (χ2n) is 10.9. The SMILES string of the molecule is Nc1ccc(OCCOCCOCCOCCOCCCCCC(=O)Nc2cccc3c2C(=O)N(C2CCC(=O)NC2=O)C3=O)cc1. The molecule has 0 saturated carbocycles. The van der Waals surface area contributed by atoms with Gasteiger partial charge in [-0.3, -0.25) is 34.2 Å². The number of hydrogen-bond donors (Lipinski definition) is 3. The summed E-state index contributed by atoms with van der Waals surface area (Å²) >= 11 is 0. The van der Waals surface area contributed by atoms with Crippen molar-refractivity contribution in [3.63, 3.8) is 0 Å². The number of carbonyl (C=O) groups is 5. The molecule has 47 heavy (non-hydrogen) atoms. The van der Waals surface area contributed by atoms with Crippen LogP contribution in [-0.4, -0.2) is 99.9 Å². The van der Waals surface area contributed by atoms with E-state index in [1.807, 2.05) is 12.1 Å². The number of rotatable bonds is 21. The second-order valence-corrected chi connectivity index (χ2v) is 10.9. The number of nitrogens with two attached hydrogens (primary N) is 1. The summed E-state index contributed by atoms with van der Waals surface area (Å²) in [6.45, 7) is 4.21. The van der Waals surface area contributed by atoms with Crippen LogP contribution in [0.5, 0.6) is 5.75 Å². The molecule has 0 aromatic heterocycles. The van der Waals surface area contributed by atoms with Crippen LogP contribution in [0.3, 0.4) is 0 Å². The number of nitrogens with one attached hydrogen (secondary N) is 2. The van der Waals surface area contributed by atoms with Crippen molar-refractivity contribution in [2.45, 2.75) is 44.6 Å². The van der Waals surface area contributed by atoms with Gasteiger partial charge in [0.2, 0.25) is 17.7 Å². The number of benzene rings is 2. The largest absolute Gasteiger partial charge is 0.491 e. The maximum Gasteiger partial charge on any atom is 0.264 e. The molecular formula is C33H42N4O10. The zero-order valence-corrected chi connectivity index (χ0v) is 26.3. The van der Waals surface area contributed by atoms with Crippen LogP contribution in [-0.2, 0) is 33.3 Å². The van der Waals surface area contributed by atoms with Gasteiger partial charge in [0.1, 0.15) is 18.4 Å². The average molecular weight is 655 g/mol. The summed E-state index contributed by atoms with van der Waals surface area (Å²) in [5.41, 5.74) is 6.72. The molecule has 14 heteroatoms. The fourth-order valence-corrected chi connectivity index (χ4v) is 5.04. The molecule has 2 heterocycles. The lowest BCUT2D eigenvalue weighted by Crippen LogP contribution is -2.54. The Morgan fingerprint density at radius 1 is 0.787 bits per heavy atom. The van der Waals surface area contributed by atoms with Crippen LogP contribution >= 0.6 is 0 Å². The molecule has 2 aliphatic rings.